The lowest BCUT2D eigenvalue weighted by atomic mass is 10.1. The van der Waals surface area contributed by atoms with Crippen molar-refractivity contribution < 1.29 is 4.74 Å². The number of nitrogens with two attached hydrogens (primary N) is 1. The van der Waals surface area contributed by atoms with Crippen molar-refractivity contribution in [2.75, 3.05) is 18.7 Å². The highest BCUT2D eigenvalue weighted by molar-refractivity contribution is 14.1. The quantitative estimate of drug-likeness (QED) is 0.622. The normalized spacial score (nSPS) is 13.8. The number of aromatic nitrogens is 1. The number of rotatable bonds is 2. The predicted molar refractivity (Wildman–Crippen MR) is 103 cm³/mol. The van der Waals surface area contributed by atoms with Gasteiger partial charge >= 0.3 is 0 Å². The molecule has 0 spiro atoms. The number of nitrogens with zero attached hydrogens (tertiary/aromatic N) is 3. The number of hydrogen-bond acceptors (Lipinski definition) is 6. The summed E-state index contributed by atoms with van der Waals surface area (Å²) in [5, 5.41) is 0. The van der Waals surface area contributed by atoms with Crippen molar-refractivity contribution in [3.8, 4) is 5.75 Å². The average molecular weight is 436 g/mol. The summed E-state index contributed by atoms with van der Waals surface area (Å²) in [5.41, 5.74) is 11.9. The van der Waals surface area contributed by atoms with Gasteiger partial charge in [-0.15, -0.1) is 11.3 Å². The van der Waals surface area contributed by atoms with Gasteiger partial charge in [-0.25, -0.2) is 9.98 Å². The summed E-state index contributed by atoms with van der Waals surface area (Å²) in [6.07, 6.45) is 0. The summed E-state index contributed by atoms with van der Waals surface area (Å²) in [5.74, 6) is 1.39. The molecular weight excluding hydrogens is 423 g/mol. The maximum atomic E-state index is 6.09. The molecule has 0 unspecified atom stereocenters. The topological polar surface area (TPSA) is 63.7 Å². The Morgan fingerprint density at radius 1 is 1.30 bits per heavy atom. The van der Waals surface area contributed by atoms with E-state index in [1.165, 1.54) is 4.70 Å². The zero-order valence-electron chi connectivity index (χ0n) is 12.3. The number of hydrogen-bond donors (Lipinski definition) is 1. The maximum absolute atomic E-state index is 6.09. The van der Waals surface area contributed by atoms with Crippen LogP contribution in [0.4, 0.5) is 11.4 Å². The van der Waals surface area contributed by atoms with Gasteiger partial charge in [-0.3, -0.25) is 0 Å². The van der Waals surface area contributed by atoms with E-state index in [1.54, 1.807) is 18.4 Å². The third-order valence-corrected chi connectivity index (χ3v) is 5.50. The van der Waals surface area contributed by atoms with Crippen LogP contribution in [-0.4, -0.2) is 24.6 Å². The van der Waals surface area contributed by atoms with Crippen LogP contribution in [0.15, 0.2) is 40.8 Å². The molecule has 23 heavy (non-hydrogen) atoms. The number of anilines is 2. The first-order valence-electron chi connectivity index (χ1n) is 6.96. The Labute approximate surface area is 150 Å². The van der Waals surface area contributed by atoms with Crippen molar-refractivity contribution >= 4 is 61.4 Å². The van der Waals surface area contributed by atoms with E-state index >= 15 is 0 Å². The number of methoxy groups -OCH3 is 1. The van der Waals surface area contributed by atoms with Crippen LogP contribution in [0.2, 0.25) is 0 Å². The van der Waals surface area contributed by atoms with E-state index in [0.717, 1.165) is 31.8 Å². The second-order valence-corrected chi connectivity index (χ2v) is 7.17. The van der Waals surface area contributed by atoms with E-state index in [0.29, 0.717) is 12.5 Å². The molecule has 0 aliphatic carbocycles. The molecule has 4 rings (SSSR count). The Balaban J connectivity index is 1.88. The highest BCUT2D eigenvalue weighted by Gasteiger charge is 2.22. The van der Waals surface area contributed by atoms with Crippen molar-refractivity contribution in [3.63, 3.8) is 0 Å². The molecule has 0 atom stereocenters. The predicted octanol–water partition coefficient (Wildman–Crippen LogP) is 3.72. The molecular formula is C16H13IN4OS. The Morgan fingerprint density at radius 2 is 2.17 bits per heavy atom. The van der Waals surface area contributed by atoms with Crippen molar-refractivity contribution in [2.45, 2.75) is 0 Å². The fraction of sp³-hybridized carbons (Fsp3) is 0.125. The lowest BCUT2D eigenvalue weighted by Crippen LogP contribution is -2.29. The molecule has 1 aromatic heterocycles. The van der Waals surface area contributed by atoms with Crippen LogP contribution in [-0.2, 0) is 0 Å². The standard InChI is InChI=1S/C16H13IN4OS/c1-22-14-6-13-10(5-11(14)17)16(18)19-7-21(13)9-2-3-15-12(4-9)20-8-23-15/h2-6,8H,7H2,1H3,(H2,18,19). The van der Waals surface area contributed by atoms with Gasteiger partial charge in [0, 0.05) is 17.3 Å². The summed E-state index contributed by atoms with van der Waals surface area (Å²) in [6, 6.07) is 10.3. The van der Waals surface area contributed by atoms with Crippen LogP contribution in [0.5, 0.6) is 5.75 Å². The summed E-state index contributed by atoms with van der Waals surface area (Å²) in [7, 11) is 1.68. The molecule has 2 heterocycles. The lowest BCUT2D eigenvalue weighted by molar-refractivity contribution is 0.412. The van der Waals surface area contributed by atoms with Crippen molar-refractivity contribution in [1.29, 1.82) is 0 Å². The van der Waals surface area contributed by atoms with Crippen LogP contribution in [0, 0.1) is 3.57 Å². The van der Waals surface area contributed by atoms with E-state index in [2.05, 4.69) is 55.7 Å². The minimum absolute atomic E-state index is 0.484. The molecule has 1 aliphatic rings. The lowest BCUT2D eigenvalue weighted by Gasteiger charge is -2.29. The third kappa shape index (κ3) is 2.43. The van der Waals surface area contributed by atoms with Gasteiger partial charge in [0.15, 0.2) is 0 Å². The second-order valence-electron chi connectivity index (χ2n) is 5.12. The van der Waals surface area contributed by atoms with Crippen LogP contribution < -0.4 is 15.4 Å². The van der Waals surface area contributed by atoms with E-state index in [1.807, 2.05) is 17.6 Å². The molecule has 0 bridgehead atoms. The van der Waals surface area contributed by atoms with Gasteiger partial charge in [0.25, 0.3) is 0 Å². The molecule has 0 saturated carbocycles. The summed E-state index contributed by atoms with van der Waals surface area (Å²) in [6.45, 7) is 0.484. The molecule has 7 heteroatoms. The number of aliphatic imine (C=N–C) groups is 1. The largest absolute Gasteiger partial charge is 0.496 e. The highest BCUT2D eigenvalue weighted by atomic mass is 127. The van der Waals surface area contributed by atoms with Crippen molar-refractivity contribution in [3.05, 3.63) is 45.0 Å². The monoisotopic (exact) mass is 436 g/mol. The van der Waals surface area contributed by atoms with Crippen LogP contribution in [0.25, 0.3) is 10.2 Å². The fourth-order valence-electron chi connectivity index (χ4n) is 2.67. The van der Waals surface area contributed by atoms with Crippen molar-refractivity contribution in [1.82, 2.24) is 4.98 Å². The minimum atomic E-state index is 0.484. The van der Waals surface area contributed by atoms with Gasteiger partial charge < -0.3 is 15.4 Å². The zero-order valence-corrected chi connectivity index (χ0v) is 15.3. The molecule has 0 amide bonds. The number of halogens is 1. The van der Waals surface area contributed by atoms with Gasteiger partial charge in [0.2, 0.25) is 0 Å². The summed E-state index contributed by atoms with van der Waals surface area (Å²) >= 11 is 3.88. The van der Waals surface area contributed by atoms with Gasteiger partial charge in [-0.1, -0.05) is 0 Å². The van der Waals surface area contributed by atoms with Gasteiger partial charge in [-0.05, 0) is 46.9 Å². The highest BCUT2D eigenvalue weighted by Crippen LogP contribution is 2.37. The molecule has 1 aliphatic heterocycles. The number of ether oxygens (including phenoxy) is 1. The number of benzene rings is 2. The Kier molecular flexibility index (Phi) is 3.61. The molecule has 0 radical (unpaired) electrons. The average Bonchev–Trinajstić information content (AvgIpc) is 3.03. The molecule has 116 valence electrons. The van der Waals surface area contributed by atoms with Gasteiger partial charge in [0.05, 0.1) is 32.1 Å². The first kappa shape index (κ1) is 14.7. The number of amidine groups is 1. The van der Waals surface area contributed by atoms with Gasteiger partial charge in [-0.2, -0.15) is 0 Å². The van der Waals surface area contributed by atoms with Crippen molar-refractivity contribution in [2.24, 2.45) is 10.7 Å². The van der Waals surface area contributed by atoms with E-state index in [9.17, 15) is 0 Å². The van der Waals surface area contributed by atoms with Gasteiger partial charge in [0.1, 0.15) is 18.3 Å². The number of fused-ring (bicyclic) bond motifs is 2. The molecule has 0 fully saturated rings. The molecule has 3 aromatic rings. The smallest absolute Gasteiger partial charge is 0.134 e. The maximum Gasteiger partial charge on any atom is 0.134 e. The van der Waals surface area contributed by atoms with E-state index in [-0.39, 0.29) is 0 Å². The van der Waals surface area contributed by atoms with E-state index < -0.39 is 0 Å². The van der Waals surface area contributed by atoms with E-state index in [4.69, 9.17) is 10.5 Å². The first-order valence-corrected chi connectivity index (χ1v) is 8.92. The minimum Gasteiger partial charge on any atom is -0.496 e. The Morgan fingerprint density at radius 3 is 3.00 bits per heavy atom. The summed E-state index contributed by atoms with van der Waals surface area (Å²) < 4.78 is 7.65. The second kappa shape index (κ2) is 5.64. The third-order valence-electron chi connectivity index (χ3n) is 3.85. The SMILES string of the molecule is COc1cc2c(cc1I)C(N)=NCN2c1ccc2scnc2c1. The molecule has 2 N–H and O–H groups in total. The fourth-order valence-corrected chi connectivity index (χ4v) is 4.02. The Bertz CT molecular complexity index is 937. The molecule has 2 aromatic carbocycles. The van der Waals surface area contributed by atoms with Crippen LogP contribution in [0.1, 0.15) is 5.56 Å². The van der Waals surface area contributed by atoms with Crippen LogP contribution in [0.3, 0.4) is 0 Å². The van der Waals surface area contributed by atoms with Crippen LogP contribution >= 0.6 is 33.9 Å². The first-order chi connectivity index (χ1) is 11.2. The summed E-state index contributed by atoms with van der Waals surface area (Å²) in [4.78, 5) is 11.0. The number of thiazole rings is 1. The molecule has 0 saturated heterocycles. The zero-order chi connectivity index (χ0) is 16.0. The molecule has 5 nitrogen and oxygen atoms in total. The Hall–Kier alpha value is -1.87.